The van der Waals surface area contributed by atoms with Crippen LogP contribution in [-0.2, 0) is 9.53 Å². The second-order valence-corrected chi connectivity index (χ2v) is 6.51. The summed E-state index contributed by atoms with van der Waals surface area (Å²) in [5.41, 5.74) is 4.91. The van der Waals surface area contributed by atoms with E-state index in [9.17, 15) is 14.0 Å². The minimum atomic E-state index is -1.05. The molecule has 0 unspecified atom stereocenters. The Balaban J connectivity index is 1.75. The standard InChI is InChI=1S/C20H21FN2O4/c21-16-6-8-17(9-7-16)26-14-20(12-18(22)24)13-23(10-11-27-20)19(25)15-4-2-1-3-5-15/h1-9H,10-14H2,(H2,22,24)/t20-/m0/s1. The first-order valence-electron chi connectivity index (χ1n) is 8.62. The second-order valence-electron chi connectivity index (χ2n) is 6.51. The van der Waals surface area contributed by atoms with Crippen LogP contribution >= 0.6 is 0 Å². The molecule has 1 aliphatic heterocycles. The zero-order chi connectivity index (χ0) is 19.3. The molecule has 3 rings (SSSR count). The van der Waals surface area contributed by atoms with Gasteiger partial charge in [0.05, 0.1) is 19.6 Å². The van der Waals surface area contributed by atoms with E-state index in [2.05, 4.69) is 0 Å². The summed E-state index contributed by atoms with van der Waals surface area (Å²) in [5, 5.41) is 0. The maximum atomic E-state index is 13.0. The molecular weight excluding hydrogens is 351 g/mol. The predicted molar refractivity (Wildman–Crippen MR) is 96.7 cm³/mol. The number of amides is 2. The van der Waals surface area contributed by atoms with Crippen LogP contribution in [0.4, 0.5) is 4.39 Å². The van der Waals surface area contributed by atoms with Crippen LogP contribution in [0, 0.1) is 5.82 Å². The third-order valence-electron chi connectivity index (χ3n) is 4.37. The maximum Gasteiger partial charge on any atom is 0.254 e. The predicted octanol–water partition coefficient (Wildman–Crippen LogP) is 1.99. The first-order valence-corrected chi connectivity index (χ1v) is 8.62. The summed E-state index contributed by atoms with van der Waals surface area (Å²) in [6.07, 6.45) is -0.0905. The first-order chi connectivity index (χ1) is 13.0. The summed E-state index contributed by atoms with van der Waals surface area (Å²) in [7, 11) is 0. The van der Waals surface area contributed by atoms with Crippen molar-refractivity contribution >= 4 is 11.8 Å². The van der Waals surface area contributed by atoms with Crippen molar-refractivity contribution in [3.05, 3.63) is 66.0 Å². The van der Waals surface area contributed by atoms with Crippen molar-refractivity contribution in [2.75, 3.05) is 26.3 Å². The first kappa shape index (κ1) is 18.8. The van der Waals surface area contributed by atoms with E-state index in [1.165, 1.54) is 24.3 Å². The third kappa shape index (κ3) is 4.83. The molecule has 0 spiro atoms. The minimum absolute atomic E-state index is 0.0140. The van der Waals surface area contributed by atoms with Crippen molar-refractivity contribution < 1.29 is 23.5 Å². The van der Waals surface area contributed by atoms with Crippen LogP contribution in [0.15, 0.2) is 54.6 Å². The van der Waals surface area contributed by atoms with E-state index in [1.807, 2.05) is 6.07 Å². The van der Waals surface area contributed by atoms with Crippen molar-refractivity contribution in [3.8, 4) is 5.75 Å². The average Bonchev–Trinajstić information content (AvgIpc) is 2.67. The molecule has 1 atom stereocenters. The minimum Gasteiger partial charge on any atom is -0.490 e. The number of hydrogen-bond donors (Lipinski definition) is 1. The molecule has 1 aliphatic rings. The fourth-order valence-corrected chi connectivity index (χ4v) is 3.09. The Hall–Kier alpha value is -2.93. The van der Waals surface area contributed by atoms with Crippen molar-refractivity contribution in [1.82, 2.24) is 4.90 Å². The van der Waals surface area contributed by atoms with Crippen LogP contribution in [0.5, 0.6) is 5.75 Å². The summed E-state index contributed by atoms with van der Waals surface area (Å²) in [5.74, 6) is -0.626. The van der Waals surface area contributed by atoms with Gasteiger partial charge in [-0.2, -0.15) is 0 Å². The molecule has 1 saturated heterocycles. The molecule has 0 saturated carbocycles. The molecule has 142 valence electrons. The van der Waals surface area contributed by atoms with E-state index in [1.54, 1.807) is 29.2 Å². The molecule has 2 N–H and O–H groups in total. The van der Waals surface area contributed by atoms with Gasteiger partial charge in [0.1, 0.15) is 23.8 Å². The smallest absolute Gasteiger partial charge is 0.254 e. The number of rotatable bonds is 6. The quantitative estimate of drug-likeness (QED) is 0.841. The number of ether oxygens (including phenoxy) is 2. The Morgan fingerprint density at radius 2 is 1.85 bits per heavy atom. The third-order valence-corrected chi connectivity index (χ3v) is 4.37. The molecule has 0 aliphatic carbocycles. The van der Waals surface area contributed by atoms with Crippen LogP contribution in [0.2, 0.25) is 0 Å². The number of carbonyl (C=O) groups excluding carboxylic acids is 2. The Morgan fingerprint density at radius 1 is 1.15 bits per heavy atom. The fraction of sp³-hybridized carbons (Fsp3) is 0.300. The molecule has 1 heterocycles. The van der Waals surface area contributed by atoms with E-state index in [0.717, 1.165) is 0 Å². The van der Waals surface area contributed by atoms with Crippen molar-refractivity contribution in [2.45, 2.75) is 12.0 Å². The number of benzene rings is 2. The van der Waals surface area contributed by atoms with Gasteiger partial charge >= 0.3 is 0 Å². The highest BCUT2D eigenvalue weighted by Gasteiger charge is 2.41. The van der Waals surface area contributed by atoms with Crippen molar-refractivity contribution in [1.29, 1.82) is 0 Å². The van der Waals surface area contributed by atoms with E-state index < -0.39 is 11.5 Å². The number of halogens is 1. The Bertz CT molecular complexity index is 797. The number of nitrogens with zero attached hydrogens (tertiary/aromatic N) is 1. The molecule has 0 aromatic heterocycles. The fourth-order valence-electron chi connectivity index (χ4n) is 3.09. The van der Waals surface area contributed by atoms with E-state index in [-0.39, 0.29) is 37.9 Å². The molecule has 2 amide bonds. The van der Waals surface area contributed by atoms with Gasteiger partial charge in [-0.15, -0.1) is 0 Å². The topological polar surface area (TPSA) is 81.9 Å². The van der Waals surface area contributed by atoms with E-state index in [4.69, 9.17) is 15.2 Å². The highest BCUT2D eigenvalue weighted by atomic mass is 19.1. The van der Waals surface area contributed by atoms with Gasteiger partial charge in [0.2, 0.25) is 5.91 Å². The molecule has 0 radical (unpaired) electrons. The number of nitrogens with two attached hydrogens (primary N) is 1. The number of primary amides is 1. The number of hydrogen-bond acceptors (Lipinski definition) is 4. The number of morpholine rings is 1. The van der Waals surface area contributed by atoms with Gasteiger partial charge in [0, 0.05) is 12.1 Å². The van der Waals surface area contributed by atoms with Gasteiger partial charge in [-0.1, -0.05) is 18.2 Å². The highest BCUT2D eigenvalue weighted by molar-refractivity contribution is 5.94. The average molecular weight is 372 g/mol. The maximum absolute atomic E-state index is 13.0. The van der Waals surface area contributed by atoms with Gasteiger partial charge in [0.25, 0.3) is 5.91 Å². The summed E-state index contributed by atoms with van der Waals surface area (Å²) >= 11 is 0. The summed E-state index contributed by atoms with van der Waals surface area (Å²) in [4.78, 5) is 26.0. The van der Waals surface area contributed by atoms with Gasteiger partial charge in [-0.25, -0.2) is 4.39 Å². The Labute approximate surface area is 156 Å². The van der Waals surface area contributed by atoms with Crippen molar-refractivity contribution in [3.63, 3.8) is 0 Å². The number of carbonyl (C=O) groups is 2. The molecule has 2 aromatic rings. The SMILES string of the molecule is NC(=O)C[C@@]1(COc2ccc(F)cc2)CN(C(=O)c2ccccc2)CCO1. The Morgan fingerprint density at radius 3 is 2.52 bits per heavy atom. The van der Waals surface area contributed by atoms with Crippen LogP contribution in [-0.4, -0.2) is 48.6 Å². The normalized spacial score (nSPS) is 19.5. The van der Waals surface area contributed by atoms with Crippen LogP contribution in [0.25, 0.3) is 0 Å². The molecule has 0 bridgehead atoms. The molecule has 7 heteroatoms. The molecular formula is C20H21FN2O4. The molecule has 2 aromatic carbocycles. The van der Waals surface area contributed by atoms with Gasteiger partial charge < -0.3 is 20.1 Å². The summed E-state index contributed by atoms with van der Waals surface area (Å²) < 4.78 is 24.6. The Kier molecular flexibility index (Phi) is 5.71. The lowest BCUT2D eigenvalue weighted by molar-refractivity contribution is -0.142. The summed E-state index contributed by atoms with van der Waals surface area (Å²) in [6, 6.07) is 14.4. The van der Waals surface area contributed by atoms with E-state index >= 15 is 0 Å². The largest absolute Gasteiger partial charge is 0.490 e. The van der Waals surface area contributed by atoms with Crippen LogP contribution < -0.4 is 10.5 Å². The zero-order valence-corrected chi connectivity index (χ0v) is 14.8. The zero-order valence-electron chi connectivity index (χ0n) is 14.8. The van der Waals surface area contributed by atoms with Crippen LogP contribution in [0.1, 0.15) is 16.8 Å². The van der Waals surface area contributed by atoms with Gasteiger partial charge in [-0.3, -0.25) is 9.59 Å². The molecule has 6 nitrogen and oxygen atoms in total. The van der Waals surface area contributed by atoms with Gasteiger partial charge in [0.15, 0.2) is 0 Å². The lowest BCUT2D eigenvalue weighted by Gasteiger charge is -2.42. The second kappa shape index (κ2) is 8.18. The lowest BCUT2D eigenvalue weighted by atomic mass is 9.97. The van der Waals surface area contributed by atoms with Crippen LogP contribution in [0.3, 0.4) is 0 Å². The van der Waals surface area contributed by atoms with Crippen molar-refractivity contribution in [2.24, 2.45) is 5.73 Å². The molecule has 1 fully saturated rings. The summed E-state index contributed by atoms with van der Waals surface area (Å²) in [6.45, 7) is 0.856. The highest BCUT2D eigenvalue weighted by Crippen LogP contribution is 2.25. The molecule has 27 heavy (non-hydrogen) atoms. The van der Waals surface area contributed by atoms with E-state index in [0.29, 0.717) is 17.9 Å². The lowest BCUT2D eigenvalue weighted by Crippen LogP contribution is -2.58. The monoisotopic (exact) mass is 372 g/mol. The van der Waals surface area contributed by atoms with Gasteiger partial charge in [-0.05, 0) is 36.4 Å².